The molecule has 2 aliphatic rings. The molecular weight excluding hydrogens is 276 g/mol. The number of aromatic nitrogens is 2. The highest BCUT2D eigenvalue weighted by molar-refractivity contribution is 7.91. The number of rotatable bonds is 5. The molecule has 0 bridgehead atoms. The van der Waals surface area contributed by atoms with Crippen LogP contribution in [0.25, 0.3) is 0 Å². The van der Waals surface area contributed by atoms with Gasteiger partial charge in [-0.15, -0.1) is 0 Å². The SMILES string of the molecule is Cc1cc(CS(=O)(=O)C2CCOC2)nc(CC2CC2)n1. The Balaban J connectivity index is 1.77. The van der Waals surface area contributed by atoms with Crippen LogP contribution in [0.3, 0.4) is 0 Å². The molecule has 1 saturated carbocycles. The molecule has 1 saturated heterocycles. The van der Waals surface area contributed by atoms with E-state index in [1.54, 1.807) is 6.07 Å². The lowest BCUT2D eigenvalue weighted by molar-refractivity contribution is 0.198. The minimum absolute atomic E-state index is 0.00204. The fraction of sp³-hybridized carbons (Fsp3) is 0.714. The van der Waals surface area contributed by atoms with E-state index in [0.717, 1.165) is 17.9 Å². The first-order valence-electron chi connectivity index (χ1n) is 7.16. The Labute approximate surface area is 119 Å². The Morgan fingerprint density at radius 2 is 2.10 bits per heavy atom. The maximum atomic E-state index is 12.3. The van der Waals surface area contributed by atoms with Crippen molar-refractivity contribution >= 4 is 9.84 Å². The van der Waals surface area contributed by atoms with Crippen LogP contribution < -0.4 is 0 Å². The first-order chi connectivity index (χ1) is 9.53. The van der Waals surface area contributed by atoms with Gasteiger partial charge in [-0.1, -0.05) is 0 Å². The van der Waals surface area contributed by atoms with Crippen LogP contribution in [-0.4, -0.2) is 36.8 Å². The van der Waals surface area contributed by atoms with E-state index in [-0.39, 0.29) is 11.0 Å². The van der Waals surface area contributed by atoms with E-state index < -0.39 is 9.84 Å². The monoisotopic (exact) mass is 296 g/mol. The van der Waals surface area contributed by atoms with Crippen molar-refractivity contribution in [1.82, 2.24) is 9.97 Å². The summed E-state index contributed by atoms with van der Waals surface area (Å²) in [6, 6.07) is 1.78. The predicted molar refractivity (Wildman–Crippen MR) is 75.0 cm³/mol. The number of hydrogen-bond donors (Lipinski definition) is 0. The molecule has 6 heteroatoms. The number of hydrogen-bond acceptors (Lipinski definition) is 5. The molecule has 1 aliphatic carbocycles. The molecule has 1 aliphatic heterocycles. The number of ether oxygens (including phenoxy) is 1. The Morgan fingerprint density at radius 3 is 2.75 bits per heavy atom. The second kappa shape index (κ2) is 5.41. The fourth-order valence-electron chi connectivity index (χ4n) is 2.57. The van der Waals surface area contributed by atoms with Crippen molar-refractivity contribution < 1.29 is 13.2 Å². The second-order valence-electron chi connectivity index (χ2n) is 5.86. The molecule has 110 valence electrons. The third kappa shape index (κ3) is 3.35. The fourth-order valence-corrected chi connectivity index (χ4v) is 4.12. The number of aryl methyl sites for hydroxylation is 1. The average Bonchev–Trinajstić information content (AvgIpc) is 2.98. The van der Waals surface area contributed by atoms with Gasteiger partial charge in [-0.2, -0.15) is 0 Å². The molecule has 0 spiro atoms. The zero-order chi connectivity index (χ0) is 14.2. The highest BCUT2D eigenvalue weighted by Crippen LogP contribution is 2.31. The smallest absolute Gasteiger partial charge is 0.161 e. The highest BCUT2D eigenvalue weighted by Gasteiger charge is 2.30. The van der Waals surface area contributed by atoms with Gasteiger partial charge in [-0.3, -0.25) is 0 Å². The molecule has 5 nitrogen and oxygen atoms in total. The summed E-state index contributed by atoms with van der Waals surface area (Å²) in [5.74, 6) is 1.49. The van der Waals surface area contributed by atoms with E-state index in [4.69, 9.17) is 4.74 Å². The summed E-state index contributed by atoms with van der Waals surface area (Å²) in [6.07, 6.45) is 3.96. The molecule has 1 atom stereocenters. The van der Waals surface area contributed by atoms with Gasteiger partial charge < -0.3 is 4.74 Å². The maximum Gasteiger partial charge on any atom is 0.161 e. The van der Waals surface area contributed by atoms with Crippen LogP contribution in [-0.2, 0) is 26.7 Å². The first kappa shape index (κ1) is 13.9. The molecule has 2 fully saturated rings. The van der Waals surface area contributed by atoms with Crippen molar-refractivity contribution in [3.05, 3.63) is 23.3 Å². The van der Waals surface area contributed by atoms with Crippen LogP contribution in [0.15, 0.2) is 6.07 Å². The standard InChI is InChI=1S/C14H20N2O3S/c1-10-6-12(16-14(15-10)7-11-2-3-11)9-20(17,18)13-4-5-19-8-13/h6,11,13H,2-5,7-9H2,1H3. The molecule has 20 heavy (non-hydrogen) atoms. The largest absolute Gasteiger partial charge is 0.380 e. The van der Waals surface area contributed by atoms with E-state index in [1.165, 1.54) is 12.8 Å². The van der Waals surface area contributed by atoms with Crippen LogP contribution in [0.2, 0.25) is 0 Å². The molecule has 0 aromatic carbocycles. The molecular formula is C14H20N2O3S. The lowest BCUT2D eigenvalue weighted by atomic mass is 10.2. The molecule has 0 amide bonds. The van der Waals surface area contributed by atoms with Gasteiger partial charge in [0.15, 0.2) is 9.84 Å². The third-order valence-electron chi connectivity index (χ3n) is 3.87. The summed E-state index contributed by atoms with van der Waals surface area (Å²) in [5.41, 5.74) is 1.48. The van der Waals surface area contributed by atoms with Gasteiger partial charge in [-0.25, -0.2) is 18.4 Å². The third-order valence-corrected chi connectivity index (χ3v) is 5.95. The van der Waals surface area contributed by atoms with Crippen molar-refractivity contribution in [3.63, 3.8) is 0 Å². The Kier molecular flexibility index (Phi) is 3.77. The molecule has 3 rings (SSSR count). The average molecular weight is 296 g/mol. The Hall–Kier alpha value is -1.01. The molecule has 1 aromatic rings. The van der Waals surface area contributed by atoms with Crippen molar-refractivity contribution in [2.75, 3.05) is 13.2 Å². The van der Waals surface area contributed by atoms with Gasteiger partial charge >= 0.3 is 0 Å². The first-order valence-corrected chi connectivity index (χ1v) is 8.87. The van der Waals surface area contributed by atoms with Crippen LogP contribution in [0.4, 0.5) is 0 Å². The second-order valence-corrected chi connectivity index (χ2v) is 8.14. The molecule has 2 heterocycles. The minimum Gasteiger partial charge on any atom is -0.380 e. The lowest BCUT2D eigenvalue weighted by Crippen LogP contribution is -2.23. The van der Waals surface area contributed by atoms with Crippen LogP contribution >= 0.6 is 0 Å². The number of sulfone groups is 1. The van der Waals surface area contributed by atoms with Gasteiger partial charge in [0.05, 0.1) is 23.3 Å². The van der Waals surface area contributed by atoms with Crippen LogP contribution in [0.1, 0.15) is 36.5 Å². The van der Waals surface area contributed by atoms with Gasteiger partial charge in [0.2, 0.25) is 0 Å². The topological polar surface area (TPSA) is 69.2 Å². The maximum absolute atomic E-state index is 12.3. The van der Waals surface area contributed by atoms with E-state index in [2.05, 4.69) is 9.97 Å². The van der Waals surface area contributed by atoms with E-state index in [9.17, 15) is 8.42 Å². The summed E-state index contributed by atoms with van der Waals surface area (Å²) >= 11 is 0. The molecule has 0 radical (unpaired) electrons. The Bertz CT molecular complexity index is 590. The van der Waals surface area contributed by atoms with E-state index >= 15 is 0 Å². The molecule has 0 N–H and O–H groups in total. The van der Waals surface area contributed by atoms with Crippen molar-refractivity contribution in [2.24, 2.45) is 5.92 Å². The van der Waals surface area contributed by atoms with Gasteiger partial charge in [0, 0.05) is 18.7 Å². The highest BCUT2D eigenvalue weighted by atomic mass is 32.2. The lowest BCUT2D eigenvalue weighted by Gasteiger charge is -2.10. The number of nitrogens with zero attached hydrogens (tertiary/aromatic N) is 2. The molecule has 1 aromatic heterocycles. The van der Waals surface area contributed by atoms with Gasteiger partial charge in [-0.05, 0) is 38.2 Å². The summed E-state index contributed by atoms with van der Waals surface area (Å²) in [7, 11) is -3.17. The quantitative estimate of drug-likeness (QED) is 0.822. The van der Waals surface area contributed by atoms with Crippen molar-refractivity contribution in [2.45, 2.75) is 43.6 Å². The van der Waals surface area contributed by atoms with Crippen LogP contribution in [0.5, 0.6) is 0 Å². The molecule has 1 unspecified atom stereocenters. The Morgan fingerprint density at radius 1 is 1.30 bits per heavy atom. The van der Waals surface area contributed by atoms with Crippen LogP contribution in [0, 0.1) is 12.8 Å². The van der Waals surface area contributed by atoms with Gasteiger partial charge in [0.25, 0.3) is 0 Å². The van der Waals surface area contributed by atoms with E-state index in [1.807, 2.05) is 6.92 Å². The predicted octanol–water partition coefficient (Wildman–Crippen LogP) is 1.44. The summed E-state index contributed by atoms with van der Waals surface area (Å²) in [4.78, 5) is 8.85. The summed E-state index contributed by atoms with van der Waals surface area (Å²) in [5, 5.41) is -0.371. The van der Waals surface area contributed by atoms with Gasteiger partial charge in [0.1, 0.15) is 5.82 Å². The minimum atomic E-state index is -3.17. The normalized spacial score (nSPS) is 23.1. The summed E-state index contributed by atoms with van der Waals surface area (Å²) < 4.78 is 29.8. The van der Waals surface area contributed by atoms with Crippen molar-refractivity contribution in [1.29, 1.82) is 0 Å². The van der Waals surface area contributed by atoms with Crippen molar-refractivity contribution in [3.8, 4) is 0 Å². The zero-order valence-corrected chi connectivity index (χ0v) is 12.5. The van der Waals surface area contributed by atoms with E-state index in [0.29, 0.717) is 31.2 Å². The zero-order valence-electron chi connectivity index (χ0n) is 11.7. The summed E-state index contributed by atoms with van der Waals surface area (Å²) in [6.45, 7) is 2.76.